The Hall–Kier alpha value is -3.23. The number of nitrogens with zero attached hydrogens (tertiary/aromatic N) is 1. The SMILES string of the molecule is C=CCOc1c(Cl)cc(/C=C(/C#N)C(=O)NCc2ccccc2)cc1OC. The molecule has 0 heterocycles. The number of methoxy groups -OCH3 is 1. The molecule has 0 aromatic heterocycles. The van der Waals surface area contributed by atoms with Gasteiger partial charge >= 0.3 is 0 Å². The van der Waals surface area contributed by atoms with Crippen molar-refractivity contribution >= 4 is 23.6 Å². The third-order valence-electron chi connectivity index (χ3n) is 3.57. The molecule has 0 unspecified atom stereocenters. The summed E-state index contributed by atoms with van der Waals surface area (Å²) >= 11 is 6.24. The van der Waals surface area contributed by atoms with Gasteiger partial charge in [-0.3, -0.25) is 4.79 Å². The van der Waals surface area contributed by atoms with Crippen LogP contribution in [0, 0.1) is 11.3 Å². The molecule has 0 saturated carbocycles. The Balaban J connectivity index is 2.20. The number of carbonyl (C=O) groups excluding carboxylic acids is 1. The highest BCUT2D eigenvalue weighted by Crippen LogP contribution is 2.37. The molecular weight excluding hydrogens is 364 g/mol. The Kier molecular flexibility index (Phi) is 7.48. The first-order chi connectivity index (χ1) is 13.1. The fourth-order valence-electron chi connectivity index (χ4n) is 2.29. The maximum atomic E-state index is 12.3. The number of amides is 1. The van der Waals surface area contributed by atoms with Gasteiger partial charge in [-0.1, -0.05) is 54.6 Å². The maximum absolute atomic E-state index is 12.3. The van der Waals surface area contributed by atoms with Gasteiger partial charge in [0.05, 0.1) is 12.1 Å². The van der Waals surface area contributed by atoms with E-state index < -0.39 is 5.91 Å². The summed E-state index contributed by atoms with van der Waals surface area (Å²) in [7, 11) is 1.48. The number of nitriles is 1. The van der Waals surface area contributed by atoms with Crippen molar-refractivity contribution in [3.05, 3.63) is 76.8 Å². The van der Waals surface area contributed by atoms with Gasteiger partial charge in [-0.15, -0.1) is 0 Å². The van der Waals surface area contributed by atoms with Gasteiger partial charge < -0.3 is 14.8 Å². The summed E-state index contributed by atoms with van der Waals surface area (Å²) in [5.41, 5.74) is 1.45. The molecule has 2 aromatic rings. The van der Waals surface area contributed by atoms with Crippen LogP contribution < -0.4 is 14.8 Å². The Labute approximate surface area is 163 Å². The highest BCUT2D eigenvalue weighted by molar-refractivity contribution is 6.32. The van der Waals surface area contributed by atoms with Crippen molar-refractivity contribution in [2.75, 3.05) is 13.7 Å². The smallest absolute Gasteiger partial charge is 0.262 e. The first-order valence-corrected chi connectivity index (χ1v) is 8.52. The quantitative estimate of drug-likeness (QED) is 0.423. The molecule has 5 nitrogen and oxygen atoms in total. The Bertz CT molecular complexity index is 886. The Morgan fingerprint density at radius 3 is 2.70 bits per heavy atom. The van der Waals surface area contributed by atoms with Crippen LogP contribution in [0.4, 0.5) is 0 Å². The van der Waals surface area contributed by atoms with Crippen LogP contribution in [0.1, 0.15) is 11.1 Å². The highest BCUT2D eigenvalue weighted by atomic mass is 35.5. The molecule has 1 amide bonds. The van der Waals surface area contributed by atoms with Crippen molar-refractivity contribution in [3.63, 3.8) is 0 Å². The number of carbonyl (C=O) groups is 1. The van der Waals surface area contributed by atoms with E-state index in [0.29, 0.717) is 28.6 Å². The van der Waals surface area contributed by atoms with Crippen molar-refractivity contribution in [3.8, 4) is 17.6 Å². The normalized spacial score (nSPS) is 10.6. The van der Waals surface area contributed by atoms with Crippen LogP contribution in [0.3, 0.4) is 0 Å². The van der Waals surface area contributed by atoms with E-state index in [1.54, 1.807) is 18.2 Å². The average Bonchev–Trinajstić information content (AvgIpc) is 2.69. The molecule has 0 aliphatic heterocycles. The van der Waals surface area contributed by atoms with Crippen LogP contribution in [-0.4, -0.2) is 19.6 Å². The molecule has 2 rings (SSSR count). The summed E-state index contributed by atoms with van der Waals surface area (Å²) in [6.07, 6.45) is 3.04. The lowest BCUT2D eigenvalue weighted by Crippen LogP contribution is -2.23. The van der Waals surface area contributed by atoms with E-state index in [-0.39, 0.29) is 12.2 Å². The molecule has 0 spiro atoms. The molecule has 0 fully saturated rings. The molecule has 6 heteroatoms. The summed E-state index contributed by atoms with van der Waals surface area (Å²) in [6, 6.07) is 14.6. The molecule has 0 bridgehead atoms. The van der Waals surface area contributed by atoms with Gasteiger partial charge in [0.15, 0.2) is 11.5 Å². The monoisotopic (exact) mass is 382 g/mol. The zero-order chi connectivity index (χ0) is 19.6. The molecule has 138 valence electrons. The van der Waals surface area contributed by atoms with Crippen molar-refractivity contribution in [2.24, 2.45) is 0 Å². The Morgan fingerprint density at radius 2 is 2.07 bits per heavy atom. The van der Waals surface area contributed by atoms with Gasteiger partial charge in [-0.25, -0.2) is 0 Å². The standard InChI is InChI=1S/C21H19ClN2O3/c1-3-9-27-20-18(22)11-16(12-19(20)26-2)10-17(13-23)21(25)24-14-15-7-5-4-6-8-15/h3-8,10-12H,1,9,14H2,2H3,(H,24,25)/b17-10-. The molecule has 1 N–H and O–H groups in total. The minimum Gasteiger partial charge on any atom is -0.493 e. The largest absolute Gasteiger partial charge is 0.493 e. The number of ether oxygens (including phenoxy) is 2. The number of hydrogen-bond donors (Lipinski definition) is 1. The van der Waals surface area contributed by atoms with Crippen LogP contribution in [0.15, 0.2) is 60.7 Å². The zero-order valence-corrected chi connectivity index (χ0v) is 15.6. The first kappa shape index (κ1) is 20.1. The Morgan fingerprint density at radius 1 is 1.33 bits per heavy atom. The summed E-state index contributed by atoms with van der Waals surface area (Å²) in [6.45, 7) is 4.19. The van der Waals surface area contributed by atoms with Gasteiger partial charge in [-0.05, 0) is 29.3 Å². The van der Waals surface area contributed by atoms with E-state index >= 15 is 0 Å². The predicted octanol–water partition coefficient (Wildman–Crippen LogP) is 4.14. The van der Waals surface area contributed by atoms with Crippen LogP contribution in [-0.2, 0) is 11.3 Å². The van der Waals surface area contributed by atoms with E-state index in [9.17, 15) is 10.1 Å². The van der Waals surface area contributed by atoms with Gasteiger partial charge in [0.25, 0.3) is 5.91 Å². The molecule has 0 radical (unpaired) electrons. The van der Waals surface area contributed by atoms with Gasteiger partial charge in [0.1, 0.15) is 18.2 Å². The summed E-state index contributed by atoms with van der Waals surface area (Å²) < 4.78 is 10.8. The van der Waals surface area contributed by atoms with E-state index in [4.69, 9.17) is 21.1 Å². The topological polar surface area (TPSA) is 71.3 Å². The molecule has 27 heavy (non-hydrogen) atoms. The van der Waals surface area contributed by atoms with E-state index in [1.807, 2.05) is 36.4 Å². The number of halogens is 1. The van der Waals surface area contributed by atoms with Crippen LogP contribution in [0.25, 0.3) is 6.08 Å². The molecule has 0 aliphatic carbocycles. The van der Waals surface area contributed by atoms with Crippen molar-refractivity contribution in [1.82, 2.24) is 5.32 Å². The number of hydrogen-bond acceptors (Lipinski definition) is 4. The fourth-order valence-corrected chi connectivity index (χ4v) is 2.57. The molecule has 0 atom stereocenters. The third kappa shape index (κ3) is 5.63. The zero-order valence-electron chi connectivity index (χ0n) is 14.9. The van der Waals surface area contributed by atoms with E-state index in [1.165, 1.54) is 13.2 Å². The van der Waals surface area contributed by atoms with Crippen LogP contribution in [0.2, 0.25) is 5.02 Å². The number of rotatable bonds is 8. The molecule has 0 aliphatic rings. The first-order valence-electron chi connectivity index (χ1n) is 8.14. The number of benzene rings is 2. The van der Waals surface area contributed by atoms with Crippen molar-refractivity contribution < 1.29 is 14.3 Å². The minimum absolute atomic E-state index is 0.0381. The average molecular weight is 383 g/mol. The molecule has 2 aromatic carbocycles. The second kappa shape index (κ2) is 10.0. The highest BCUT2D eigenvalue weighted by Gasteiger charge is 2.13. The maximum Gasteiger partial charge on any atom is 0.262 e. The second-order valence-corrected chi connectivity index (χ2v) is 5.88. The van der Waals surface area contributed by atoms with Gasteiger partial charge in [0.2, 0.25) is 0 Å². The lowest BCUT2D eigenvalue weighted by molar-refractivity contribution is -0.117. The van der Waals surface area contributed by atoms with E-state index in [0.717, 1.165) is 5.56 Å². The summed E-state index contributed by atoms with van der Waals surface area (Å²) in [5.74, 6) is 0.310. The van der Waals surface area contributed by atoms with Gasteiger partial charge in [0, 0.05) is 6.54 Å². The van der Waals surface area contributed by atoms with Crippen LogP contribution >= 0.6 is 11.6 Å². The van der Waals surface area contributed by atoms with Crippen molar-refractivity contribution in [1.29, 1.82) is 5.26 Å². The minimum atomic E-state index is -0.469. The summed E-state index contributed by atoms with van der Waals surface area (Å²) in [4.78, 5) is 12.3. The van der Waals surface area contributed by atoms with Crippen molar-refractivity contribution in [2.45, 2.75) is 6.54 Å². The van der Waals surface area contributed by atoms with Gasteiger partial charge in [-0.2, -0.15) is 5.26 Å². The van der Waals surface area contributed by atoms with E-state index in [2.05, 4.69) is 11.9 Å². The van der Waals surface area contributed by atoms with Crippen LogP contribution in [0.5, 0.6) is 11.5 Å². The second-order valence-electron chi connectivity index (χ2n) is 5.47. The summed E-state index contributed by atoms with van der Waals surface area (Å²) in [5, 5.41) is 12.4. The predicted molar refractivity (Wildman–Crippen MR) is 106 cm³/mol. The number of nitrogens with one attached hydrogen (secondary N) is 1. The lowest BCUT2D eigenvalue weighted by Gasteiger charge is -2.12. The fraction of sp³-hybridized carbons (Fsp3) is 0.143. The molecular formula is C21H19ClN2O3. The third-order valence-corrected chi connectivity index (χ3v) is 3.85. The molecule has 0 saturated heterocycles. The lowest BCUT2D eigenvalue weighted by atomic mass is 10.1.